The Balaban J connectivity index is 1.50. The van der Waals surface area contributed by atoms with Crippen LogP contribution in [0.25, 0.3) is 10.9 Å². The summed E-state index contributed by atoms with van der Waals surface area (Å²) < 4.78 is 7.12. The lowest BCUT2D eigenvalue weighted by molar-refractivity contribution is -0.129. The fourth-order valence-corrected chi connectivity index (χ4v) is 4.42. The number of likely N-dealkylation sites (tertiary alicyclic amines) is 1. The van der Waals surface area contributed by atoms with Crippen molar-refractivity contribution in [3.63, 3.8) is 0 Å². The zero-order valence-electron chi connectivity index (χ0n) is 17.3. The van der Waals surface area contributed by atoms with Gasteiger partial charge in [-0.05, 0) is 23.9 Å². The number of benzene rings is 1. The molecule has 0 spiro atoms. The van der Waals surface area contributed by atoms with E-state index in [1.165, 1.54) is 16.5 Å². The van der Waals surface area contributed by atoms with Gasteiger partial charge in [-0.3, -0.25) is 9.48 Å². The molecule has 1 amide bonds. The molecule has 4 rings (SSSR count). The van der Waals surface area contributed by atoms with E-state index in [1.807, 2.05) is 29.0 Å². The summed E-state index contributed by atoms with van der Waals surface area (Å²) in [6.45, 7) is 4.74. The van der Waals surface area contributed by atoms with Gasteiger partial charge in [-0.2, -0.15) is 5.10 Å². The van der Waals surface area contributed by atoms with Gasteiger partial charge in [0, 0.05) is 69.1 Å². The van der Waals surface area contributed by atoms with Gasteiger partial charge in [0.1, 0.15) is 0 Å². The Morgan fingerprint density at radius 2 is 2.21 bits per heavy atom. The van der Waals surface area contributed by atoms with E-state index in [1.54, 1.807) is 7.11 Å². The van der Waals surface area contributed by atoms with E-state index in [2.05, 4.69) is 46.6 Å². The smallest absolute Gasteiger partial charge is 0.223 e. The predicted molar refractivity (Wildman–Crippen MR) is 112 cm³/mol. The highest BCUT2D eigenvalue weighted by molar-refractivity contribution is 5.82. The summed E-state index contributed by atoms with van der Waals surface area (Å²) >= 11 is 0. The summed E-state index contributed by atoms with van der Waals surface area (Å²) in [7, 11) is 3.62. The third-order valence-electron chi connectivity index (χ3n) is 6.06. The molecule has 0 saturated carbocycles. The summed E-state index contributed by atoms with van der Waals surface area (Å²) in [5, 5.41) is 9.22. The molecule has 0 aliphatic carbocycles. The summed E-state index contributed by atoms with van der Waals surface area (Å²) in [6, 6.07) is 8.45. The number of methoxy groups -OCH3 is 1. The van der Waals surface area contributed by atoms with Crippen LogP contribution >= 0.6 is 0 Å². The second-order valence-electron chi connectivity index (χ2n) is 7.79. The van der Waals surface area contributed by atoms with Crippen LogP contribution in [0.3, 0.4) is 0 Å². The van der Waals surface area contributed by atoms with Crippen LogP contribution in [-0.2, 0) is 23.1 Å². The molecule has 2 N–H and O–H groups in total. The standard InChI is InChI=1S/C22H29N5O2/c1-15-19(14-25-26(15)2)22-18(11-20(28)27(22)9-10-29-3)13-23-12-17-6-4-5-16-7-8-24-21(16)17/h4-8,14,18,22-24H,9-13H2,1-3H3/t18-,22+/m0/s1. The fraction of sp³-hybridized carbons (Fsp3) is 0.455. The van der Waals surface area contributed by atoms with Gasteiger partial charge in [-0.25, -0.2) is 0 Å². The number of nitrogens with zero attached hydrogens (tertiary/aromatic N) is 3. The Hall–Kier alpha value is -2.64. The summed E-state index contributed by atoms with van der Waals surface area (Å²) in [6.07, 6.45) is 4.42. The van der Waals surface area contributed by atoms with Crippen molar-refractivity contribution in [2.24, 2.45) is 13.0 Å². The first-order valence-electron chi connectivity index (χ1n) is 10.1. The van der Waals surface area contributed by atoms with Crippen molar-refractivity contribution in [2.45, 2.75) is 25.9 Å². The van der Waals surface area contributed by atoms with Crippen molar-refractivity contribution in [3.8, 4) is 0 Å². The molecule has 1 aromatic carbocycles. The molecule has 29 heavy (non-hydrogen) atoms. The van der Waals surface area contributed by atoms with Crippen LogP contribution in [0.5, 0.6) is 0 Å². The molecule has 1 aliphatic heterocycles. The van der Waals surface area contributed by atoms with E-state index in [4.69, 9.17) is 4.74 Å². The fourth-order valence-electron chi connectivity index (χ4n) is 4.42. The highest BCUT2D eigenvalue weighted by Crippen LogP contribution is 2.38. The lowest BCUT2D eigenvalue weighted by Gasteiger charge is -2.28. The van der Waals surface area contributed by atoms with E-state index in [9.17, 15) is 4.79 Å². The number of hydrogen-bond acceptors (Lipinski definition) is 4. The molecule has 0 bridgehead atoms. The van der Waals surface area contributed by atoms with Crippen LogP contribution in [0.1, 0.15) is 29.3 Å². The molecule has 2 aromatic heterocycles. The molecule has 3 aromatic rings. The summed E-state index contributed by atoms with van der Waals surface area (Å²) in [5.41, 5.74) is 4.65. The zero-order chi connectivity index (χ0) is 20.4. The van der Waals surface area contributed by atoms with Crippen molar-refractivity contribution < 1.29 is 9.53 Å². The predicted octanol–water partition coefficient (Wildman–Crippen LogP) is 2.54. The molecule has 154 valence electrons. The quantitative estimate of drug-likeness (QED) is 0.615. The first kappa shape index (κ1) is 19.7. The summed E-state index contributed by atoms with van der Waals surface area (Å²) in [5.74, 6) is 0.388. The van der Waals surface area contributed by atoms with Crippen LogP contribution in [0.4, 0.5) is 0 Å². The molecule has 7 heteroatoms. The number of nitrogens with one attached hydrogen (secondary N) is 2. The number of ether oxygens (including phenoxy) is 1. The summed E-state index contributed by atoms with van der Waals surface area (Å²) in [4.78, 5) is 18.1. The SMILES string of the molecule is COCCN1C(=O)C[C@@H](CNCc2cccc3cc[nH]c23)[C@@H]1c1cnn(C)c1C. The molecule has 1 aliphatic rings. The van der Waals surface area contributed by atoms with Gasteiger partial charge in [0.15, 0.2) is 0 Å². The Bertz CT molecular complexity index is 992. The van der Waals surface area contributed by atoms with Gasteiger partial charge in [-0.15, -0.1) is 0 Å². The number of amides is 1. The van der Waals surface area contributed by atoms with Crippen molar-refractivity contribution in [1.82, 2.24) is 25.0 Å². The van der Waals surface area contributed by atoms with Gasteiger partial charge in [0.2, 0.25) is 5.91 Å². The highest BCUT2D eigenvalue weighted by Gasteiger charge is 2.41. The van der Waals surface area contributed by atoms with Crippen LogP contribution in [-0.4, -0.2) is 52.4 Å². The van der Waals surface area contributed by atoms with Gasteiger partial charge < -0.3 is 19.9 Å². The van der Waals surface area contributed by atoms with Crippen molar-refractivity contribution >= 4 is 16.8 Å². The second kappa shape index (κ2) is 8.39. The van der Waals surface area contributed by atoms with Crippen LogP contribution < -0.4 is 5.32 Å². The molecule has 3 heterocycles. The first-order chi connectivity index (χ1) is 14.1. The Labute approximate surface area is 171 Å². The van der Waals surface area contributed by atoms with Crippen LogP contribution in [0.15, 0.2) is 36.7 Å². The maximum Gasteiger partial charge on any atom is 0.223 e. The number of hydrogen-bond donors (Lipinski definition) is 2. The lowest BCUT2D eigenvalue weighted by atomic mass is 9.93. The molecule has 2 atom stereocenters. The number of carbonyl (C=O) groups excluding carboxylic acids is 1. The normalized spacial score (nSPS) is 19.6. The first-order valence-corrected chi connectivity index (χ1v) is 10.1. The third-order valence-corrected chi connectivity index (χ3v) is 6.06. The average molecular weight is 396 g/mol. The zero-order valence-corrected chi connectivity index (χ0v) is 17.3. The number of H-pyrrole nitrogens is 1. The molecule has 1 fully saturated rings. The van der Waals surface area contributed by atoms with Crippen LogP contribution in [0, 0.1) is 12.8 Å². The third kappa shape index (κ3) is 3.80. The number of carbonyl (C=O) groups is 1. The van der Waals surface area contributed by atoms with Gasteiger partial charge in [0.05, 0.1) is 18.8 Å². The second-order valence-corrected chi connectivity index (χ2v) is 7.79. The maximum absolute atomic E-state index is 12.8. The minimum atomic E-state index is 0.0279. The van der Waals surface area contributed by atoms with Crippen LogP contribution in [0.2, 0.25) is 0 Å². The number of rotatable bonds is 8. The van der Waals surface area contributed by atoms with Gasteiger partial charge >= 0.3 is 0 Å². The molecule has 1 saturated heterocycles. The van der Waals surface area contributed by atoms with E-state index < -0.39 is 0 Å². The molecule has 0 radical (unpaired) electrons. The monoisotopic (exact) mass is 395 g/mol. The minimum Gasteiger partial charge on any atom is -0.383 e. The van der Waals surface area contributed by atoms with Crippen molar-refractivity contribution in [1.29, 1.82) is 0 Å². The highest BCUT2D eigenvalue weighted by atomic mass is 16.5. The van der Waals surface area contributed by atoms with Crippen molar-refractivity contribution in [2.75, 3.05) is 26.8 Å². The largest absolute Gasteiger partial charge is 0.383 e. The van der Waals surface area contributed by atoms with Gasteiger partial charge in [-0.1, -0.05) is 18.2 Å². The minimum absolute atomic E-state index is 0.0279. The van der Waals surface area contributed by atoms with E-state index in [0.29, 0.717) is 19.6 Å². The topological polar surface area (TPSA) is 75.2 Å². The molecular formula is C22H29N5O2. The number of aromatic amines is 1. The number of aryl methyl sites for hydroxylation is 1. The van der Waals surface area contributed by atoms with Gasteiger partial charge in [0.25, 0.3) is 0 Å². The average Bonchev–Trinajstić information content (AvgIpc) is 3.40. The number of fused-ring (bicyclic) bond motifs is 1. The lowest BCUT2D eigenvalue weighted by Crippen LogP contribution is -2.34. The van der Waals surface area contributed by atoms with E-state index >= 15 is 0 Å². The Kier molecular flexibility index (Phi) is 5.69. The molecular weight excluding hydrogens is 366 g/mol. The molecule has 0 unspecified atom stereocenters. The Morgan fingerprint density at radius 3 is 2.97 bits per heavy atom. The van der Waals surface area contributed by atoms with E-state index in [0.717, 1.165) is 24.3 Å². The number of para-hydroxylation sites is 1. The number of aromatic nitrogens is 3. The molecule has 7 nitrogen and oxygen atoms in total. The van der Waals surface area contributed by atoms with Crippen molar-refractivity contribution in [3.05, 3.63) is 53.5 Å². The Morgan fingerprint density at radius 1 is 1.34 bits per heavy atom. The maximum atomic E-state index is 12.8. The van der Waals surface area contributed by atoms with E-state index in [-0.39, 0.29) is 17.9 Å².